The molecule has 1 aromatic heterocycles. The van der Waals surface area contributed by atoms with Crippen molar-refractivity contribution in [1.29, 1.82) is 0 Å². The normalized spacial score (nSPS) is 12.4. The lowest BCUT2D eigenvalue weighted by Crippen LogP contribution is -2.06. The minimum Gasteiger partial charge on any atom is -0.324 e. The van der Waals surface area contributed by atoms with E-state index < -0.39 is 0 Å². The summed E-state index contributed by atoms with van der Waals surface area (Å²) < 4.78 is 13.2. The van der Waals surface area contributed by atoms with Crippen molar-refractivity contribution in [3.8, 4) is 0 Å². The summed E-state index contributed by atoms with van der Waals surface area (Å²) >= 11 is 1.43. The van der Waals surface area contributed by atoms with Crippen LogP contribution < -0.4 is 5.73 Å². The summed E-state index contributed by atoms with van der Waals surface area (Å²) in [4.78, 5) is 9.05. The summed E-state index contributed by atoms with van der Waals surface area (Å²) in [6.07, 6.45) is 4.90. The zero-order valence-electron chi connectivity index (χ0n) is 9.30. The fraction of sp³-hybridized carbons (Fsp3) is 0.167. The molecule has 1 atom stereocenters. The van der Waals surface area contributed by atoms with Crippen molar-refractivity contribution in [2.24, 2.45) is 5.73 Å². The van der Waals surface area contributed by atoms with Crippen LogP contribution in [0.3, 0.4) is 0 Å². The van der Waals surface area contributed by atoms with Gasteiger partial charge < -0.3 is 5.73 Å². The van der Waals surface area contributed by atoms with Gasteiger partial charge in [0.1, 0.15) is 10.8 Å². The Kier molecular flexibility index (Phi) is 3.71. The second-order valence-corrected chi connectivity index (χ2v) is 4.68. The SMILES string of the molecule is C[C@@H](N)c1cc(F)ccc1Sc1cnccn1. The van der Waals surface area contributed by atoms with Crippen molar-refractivity contribution in [3.05, 3.63) is 48.2 Å². The zero-order chi connectivity index (χ0) is 12.3. The van der Waals surface area contributed by atoms with Crippen molar-refractivity contribution >= 4 is 11.8 Å². The zero-order valence-corrected chi connectivity index (χ0v) is 10.1. The number of hydrogen-bond acceptors (Lipinski definition) is 4. The molecule has 2 N–H and O–H groups in total. The molecule has 1 heterocycles. The van der Waals surface area contributed by atoms with E-state index in [-0.39, 0.29) is 11.9 Å². The van der Waals surface area contributed by atoms with Gasteiger partial charge in [-0.3, -0.25) is 4.98 Å². The van der Waals surface area contributed by atoms with E-state index in [1.807, 2.05) is 6.92 Å². The highest BCUT2D eigenvalue weighted by atomic mass is 32.2. The van der Waals surface area contributed by atoms with Gasteiger partial charge in [0.15, 0.2) is 0 Å². The predicted octanol–water partition coefficient (Wildman–Crippen LogP) is 2.79. The molecule has 0 spiro atoms. The molecule has 0 unspecified atom stereocenters. The van der Waals surface area contributed by atoms with Gasteiger partial charge in [0.25, 0.3) is 0 Å². The summed E-state index contributed by atoms with van der Waals surface area (Å²) in [5.41, 5.74) is 6.60. The molecule has 0 fully saturated rings. The van der Waals surface area contributed by atoms with Gasteiger partial charge in [-0.25, -0.2) is 9.37 Å². The quantitative estimate of drug-likeness (QED) is 0.908. The molecule has 0 saturated heterocycles. The van der Waals surface area contributed by atoms with Crippen LogP contribution in [0, 0.1) is 5.82 Å². The van der Waals surface area contributed by atoms with E-state index >= 15 is 0 Å². The van der Waals surface area contributed by atoms with Crippen LogP contribution in [0.15, 0.2) is 46.7 Å². The van der Waals surface area contributed by atoms with Crippen LogP contribution in [0.2, 0.25) is 0 Å². The second kappa shape index (κ2) is 5.25. The fourth-order valence-corrected chi connectivity index (χ4v) is 2.37. The van der Waals surface area contributed by atoms with E-state index in [4.69, 9.17) is 5.73 Å². The number of nitrogens with zero attached hydrogens (tertiary/aromatic N) is 2. The molecule has 5 heteroatoms. The van der Waals surface area contributed by atoms with Gasteiger partial charge in [0.2, 0.25) is 0 Å². The van der Waals surface area contributed by atoms with E-state index in [1.54, 1.807) is 24.7 Å². The van der Waals surface area contributed by atoms with E-state index in [2.05, 4.69) is 9.97 Å². The van der Waals surface area contributed by atoms with Gasteiger partial charge in [-0.1, -0.05) is 11.8 Å². The van der Waals surface area contributed by atoms with E-state index in [9.17, 15) is 4.39 Å². The average molecular weight is 249 g/mol. The van der Waals surface area contributed by atoms with Gasteiger partial charge in [-0.15, -0.1) is 0 Å². The van der Waals surface area contributed by atoms with Gasteiger partial charge >= 0.3 is 0 Å². The van der Waals surface area contributed by atoms with Crippen LogP contribution in [0.1, 0.15) is 18.5 Å². The minimum absolute atomic E-state index is 0.218. The highest BCUT2D eigenvalue weighted by molar-refractivity contribution is 7.99. The Bertz CT molecular complexity index is 502. The topological polar surface area (TPSA) is 51.8 Å². The molecule has 88 valence electrons. The summed E-state index contributed by atoms with van der Waals surface area (Å²) in [6.45, 7) is 1.83. The number of benzene rings is 1. The molecular formula is C12H12FN3S. The molecule has 2 aromatic rings. The summed E-state index contributed by atoms with van der Waals surface area (Å²) in [6, 6.07) is 4.38. The van der Waals surface area contributed by atoms with Crippen molar-refractivity contribution < 1.29 is 4.39 Å². The van der Waals surface area contributed by atoms with E-state index in [0.29, 0.717) is 0 Å². The Morgan fingerprint density at radius 2 is 2.18 bits per heavy atom. The molecule has 2 rings (SSSR count). The largest absolute Gasteiger partial charge is 0.324 e. The standard InChI is InChI=1S/C12H12FN3S/c1-8(14)10-6-9(13)2-3-11(10)17-12-7-15-4-5-16-12/h2-8H,14H2,1H3/t8-/m1/s1. The first kappa shape index (κ1) is 12.0. The highest BCUT2D eigenvalue weighted by Gasteiger charge is 2.10. The Balaban J connectivity index is 2.33. The number of aromatic nitrogens is 2. The van der Waals surface area contributed by atoms with Crippen molar-refractivity contribution in [3.63, 3.8) is 0 Å². The maximum absolute atomic E-state index is 13.2. The number of hydrogen-bond donors (Lipinski definition) is 1. The first-order valence-electron chi connectivity index (χ1n) is 5.15. The van der Waals surface area contributed by atoms with Crippen LogP contribution >= 0.6 is 11.8 Å². The number of nitrogens with two attached hydrogens (primary N) is 1. The van der Waals surface area contributed by atoms with Crippen LogP contribution in [-0.4, -0.2) is 9.97 Å². The molecule has 0 aliphatic carbocycles. The lowest BCUT2D eigenvalue weighted by Gasteiger charge is -2.11. The Morgan fingerprint density at radius 1 is 1.35 bits per heavy atom. The smallest absolute Gasteiger partial charge is 0.123 e. The van der Waals surface area contributed by atoms with Crippen LogP contribution in [-0.2, 0) is 0 Å². The minimum atomic E-state index is -0.277. The number of rotatable bonds is 3. The van der Waals surface area contributed by atoms with Gasteiger partial charge in [-0.05, 0) is 30.7 Å². The van der Waals surface area contributed by atoms with E-state index in [0.717, 1.165) is 15.5 Å². The third-order valence-electron chi connectivity index (χ3n) is 2.22. The molecule has 0 saturated carbocycles. The predicted molar refractivity (Wildman–Crippen MR) is 65.2 cm³/mol. The molecule has 1 aromatic carbocycles. The van der Waals surface area contributed by atoms with Gasteiger partial charge in [0.05, 0.1) is 6.20 Å². The second-order valence-electron chi connectivity index (χ2n) is 3.62. The third kappa shape index (κ3) is 3.01. The Labute approximate surface area is 103 Å². The molecule has 3 nitrogen and oxygen atoms in total. The van der Waals surface area contributed by atoms with Crippen molar-refractivity contribution in [2.75, 3.05) is 0 Å². The first-order valence-corrected chi connectivity index (χ1v) is 5.97. The lowest BCUT2D eigenvalue weighted by atomic mass is 10.1. The van der Waals surface area contributed by atoms with E-state index in [1.165, 1.54) is 23.9 Å². The molecule has 0 radical (unpaired) electrons. The van der Waals surface area contributed by atoms with Crippen LogP contribution in [0.5, 0.6) is 0 Å². The van der Waals surface area contributed by atoms with Crippen molar-refractivity contribution in [2.45, 2.75) is 22.9 Å². The Hall–Kier alpha value is -1.46. The maximum Gasteiger partial charge on any atom is 0.123 e. The van der Waals surface area contributed by atoms with Crippen molar-refractivity contribution in [1.82, 2.24) is 9.97 Å². The number of halogens is 1. The first-order chi connectivity index (χ1) is 8.16. The molecule has 17 heavy (non-hydrogen) atoms. The highest BCUT2D eigenvalue weighted by Crippen LogP contribution is 2.31. The summed E-state index contributed by atoms with van der Waals surface area (Å²) in [7, 11) is 0. The average Bonchev–Trinajstić information content (AvgIpc) is 2.32. The molecule has 0 aliphatic rings. The molecule has 0 bridgehead atoms. The molecule has 0 aliphatic heterocycles. The summed E-state index contributed by atoms with van der Waals surface area (Å²) in [5.74, 6) is -0.277. The lowest BCUT2D eigenvalue weighted by molar-refractivity contribution is 0.619. The molecular weight excluding hydrogens is 237 g/mol. The third-order valence-corrected chi connectivity index (χ3v) is 3.23. The van der Waals surface area contributed by atoms with Crippen LogP contribution in [0.25, 0.3) is 0 Å². The van der Waals surface area contributed by atoms with Crippen LogP contribution in [0.4, 0.5) is 4.39 Å². The monoisotopic (exact) mass is 249 g/mol. The maximum atomic E-state index is 13.2. The Morgan fingerprint density at radius 3 is 2.82 bits per heavy atom. The summed E-state index contributed by atoms with van der Waals surface area (Å²) in [5, 5.41) is 0.765. The fourth-order valence-electron chi connectivity index (χ4n) is 1.42. The van der Waals surface area contributed by atoms with Gasteiger partial charge in [-0.2, -0.15) is 0 Å². The molecule has 0 amide bonds. The van der Waals surface area contributed by atoms with Gasteiger partial charge in [0, 0.05) is 23.3 Å².